The van der Waals surface area contributed by atoms with Gasteiger partial charge in [-0.3, -0.25) is 4.79 Å². The van der Waals surface area contributed by atoms with E-state index in [4.69, 9.17) is 4.42 Å². The number of aryl methyl sites for hydroxylation is 2. The number of piperazine rings is 1. The zero-order chi connectivity index (χ0) is 19.5. The van der Waals surface area contributed by atoms with Crippen LogP contribution in [-0.2, 0) is 6.42 Å². The van der Waals surface area contributed by atoms with E-state index in [1.165, 1.54) is 0 Å². The normalized spacial score (nSPS) is 14.4. The van der Waals surface area contributed by atoms with Gasteiger partial charge in [0.15, 0.2) is 0 Å². The lowest BCUT2D eigenvalue weighted by Crippen LogP contribution is -2.49. The van der Waals surface area contributed by atoms with Crippen LogP contribution in [0.2, 0.25) is 0 Å². The van der Waals surface area contributed by atoms with E-state index in [1.807, 2.05) is 55.1 Å². The molecule has 3 heterocycles. The number of rotatable bonds is 4. The minimum Gasteiger partial charge on any atom is -0.421 e. The number of benzene rings is 1. The molecule has 1 aromatic carbocycles. The van der Waals surface area contributed by atoms with Crippen molar-refractivity contribution in [2.24, 2.45) is 0 Å². The van der Waals surface area contributed by atoms with E-state index in [-0.39, 0.29) is 5.91 Å². The summed E-state index contributed by atoms with van der Waals surface area (Å²) in [7, 11) is 0. The molecular formula is C21H23N5O2. The summed E-state index contributed by atoms with van der Waals surface area (Å²) in [5.41, 5.74) is 2.60. The molecule has 1 saturated heterocycles. The van der Waals surface area contributed by atoms with Crippen LogP contribution in [0.5, 0.6) is 0 Å². The van der Waals surface area contributed by atoms with Crippen molar-refractivity contribution in [3.8, 4) is 11.5 Å². The van der Waals surface area contributed by atoms with E-state index in [9.17, 15) is 4.79 Å². The van der Waals surface area contributed by atoms with Crippen LogP contribution in [-0.4, -0.2) is 52.2 Å². The van der Waals surface area contributed by atoms with Gasteiger partial charge in [0, 0.05) is 44.4 Å². The van der Waals surface area contributed by atoms with Gasteiger partial charge in [0.05, 0.1) is 5.56 Å². The molecule has 0 bridgehead atoms. The van der Waals surface area contributed by atoms with Gasteiger partial charge >= 0.3 is 0 Å². The zero-order valence-corrected chi connectivity index (χ0v) is 16.1. The Labute approximate surface area is 164 Å². The number of hydrogen-bond donors (Lipinski definition) is 0. The fraction of sp³-hybridized carbons (Fsp3) is 0.333. The lowest BCUT2D eigenvalue weighted by Gasteiger charge is -2.36. The first-order valence-electron chi connectivity index (χ1n) is 9.55. The molecule has 0 unspecified atom stereocenters. The van der Waals surface area contributed by atoms with Crippen LogP contribution in [0, 0.1) is 6.92 Å². The highest BCUT2D eigenvalue weighted by atomic mass is 16.4. The first kappa shape index (κ1) is 18.2. The Morgan fingerprint density at radius 3 is 2.57 bits per heavy atom. The maximum atomic E-state index is 12.8. The van der Waals surface area contributed by atoms with Crippen molar-refractivity contribution in [3.05, 3.63) is 59.6 Å². The Hall–Kier alpha value is -3.22. The SMILES string of the molecule is CCc1nnc(-c2cccnc2N2CCN(C(=O)c3ccccc3C)CC2)o1. The van der Waals surface area contributed by atoms with E-state index in [0.717, 1.165) is 22.5 Å². The van der Waals surface area contributed by atoms with Crippen LogP contribution < -0.4 is 4.90 Å². The second kappa shape index (κ2) is 7.80. The van der Waals surface area contributed by atoms with Crippen molar-refractivity contribution in [1.29, 1.82) is 0 Å². The first-order chi connectivity index (χ1) is 13.7. The van der Waals surface area contributed by atoms with Crippen molar-refractivity contribution in [2.45, 2.75) is 20.3 Å². The zero-order valence-electron chi connectivity index (χ0n) is 16.1. The second-order valence-corrected chi connectivity index (χ2v) is 6.82. The lowest BCUT2D eigenvalue weighted by atomic mass is 10.1. The molecule has 28 heavy (non-hydrogen) atoms. The summed E-state index contributed by atoms with van der Waals surface area (Å²) in [5.74, 6) is 2.00. The van der Waals surface area contributed by atoms with Gasteiger partial charge in [-0.2, -0.15) is 0 Å². The highest BCUT2D eigenvalue weighted by Crippen LogP contribution is 2.28. The molecule has 0 N–H and O–H groups in total. The molecule has 2 aromatic heterocycles. The molecule has 1 fully saturated rings. The Bertz CT molecular complexity index is 976. The highest BCUT2D eigenvalue weighted by molar-refractivity contribution is 5.95. The maximum Gasteiger partial charge on any atom is 0.254 e. The quantitative estimate of drug-likeness (QED) is 0.696. The standard InChI is InChI=1S/C21H23N5O2/c1-3-18-23-24-20(28-18)17-9-6-10-22-19(17)25-11-13-26(14-12-25)21(27)16-8-5-4-7-15(16)2/h4-10H,3,11-14H2,1-2H3. The molecule has 7 heteroatoms. The van der Waals surface area contributed by atoms with Gasteiger partial charge in [0.1, 0.15) is 5.82 Å². The maximum absolute atomic E-state index is 12.8. The summed E-state index contributed by atoms with van der Waals surface area (Å²) < 4.78 is 5.73. The summed E-state index contributed by atoms with van der Waals surface area (Å²) in [6.45, 7) is 6.65. The predicted molar refractivity (Wildman–Crippen MR) is 106 cm³/mol. The molecule has 0 radical (unpaired) electrons. The van der Waals surface area contributed by atoms with E-state index in [1.54, 1.807) is 6.20 Å². The minimum absolute atomic E-state index is 0.0866. The number of anilines is 1. The van der Waals surface area contributed by atoms with Crippen molar-refractivity contribution in [2.75, 3.05) is 31.1 Å². The molecule has 7 nitrogen and oxygen atoms in total. The monoisotopic (exact) mass is 377 g/mol. The van der Waals surface area contributed by atoms with E-state index in [2.05, 4.69) is 20.1 Å². The molecule has 1 aliphatic heterocycles. The van der Waals surface area contributed by atoms with Gasteiger partial charge in [0.2, 0.25) is 5.89 Å². The fourth-order valence-electron chi connectivity index (χ4n) is 3.43. The number of amides is 1. The van der Waals surface area contributed by atoms with E-state index < -0.39 is 0 Å². The van der Waals surface area contributed by atoms with Crippen molar-refractivity contribution in [3.63, 3.8) is 0 Å². The van der Waals surface area contributed by atoms with Crippen molar-refractivity contribution in [1.82, 2.24) is 20.1 Å². The summed E-state index contributed by atoms with van der Waals surface area (Å²) in [4.78, 5) is 21.5. The van der Waals surface area contributed by atoms with Crippen LogP contribution in [0.3, 0.4) is 0 Å². The van der Waals surface area contributed by atoms with Crippen LogP contribution in [0.25, 0.3) is 11.5 Å². The molecule has 0 atom stereocenters. The van der Waals surface area contributed by atoms with Gasteiger partial charge in [0.25, 0.3) is 11.8 Å². The number of hydrogen-bond acceptors (Lipinski definition) is 6. The Kier molecular flexibility index (Phi) is 5.06. The second-order valence-electron chi connectivity index (χ2n) is 6.82. The van der Waals surface area contributed by atoms with Gasteiger partial charge < -0.3 is 14.2 Å². The van der Waals surface area contributed by atoms with E-state index >= 15 is 0 Å². The smallest absolute Gasteiger partial charge is 0.254 e. The summed E-state index contributed by atoms with van der Waals surface area (Å²) in [6, 6.07) is 11.5. The van der Waals surface area contributed by atoms with Crippen LogP contribution in [0.15, 0.2) is 47.0 Å². The molecule has 3 aromatic rings. The highest BCUT2D eigenvalue weighted by Gasteiger charge is 2.26. The van der Waals surface area contributed by atoms with Crippen molar-refractivity contribution >= 4 is 11.7 Å². The van der Waals surface area contributed by atoms with Crippen LogP contribution in [0.1, 0.15) is 28.7 Å². The lowest BCUT2D eigenvalue weighted by molar-refractivity contribution is 0.0746. The molecular weight excluding hydrogens is 354 g/mol. The molecule has 0 spiro atoms. The minimum atomic E-state index is 0.0866. The topological polar surface area (TPSA) is 75.4 Å². The third-order valence-electron chi connectivity index (χ3n) is 5.03. The molecule has 1 amide bonds. The van der Waals surface area contributed by atoms with Crippen LogP contribution >= 0.6 is 0 Å². The van der Waals surface area contributed by atoms with Gasteiger partial charge in [-0.05, 0) is 30.7 Å². The summed E-state index contributed by atoms with van der Waals surface area (Å²) in [6.07, 6.45) is 2.46. The largest absolute Gasteiger partial charge is 0.421 e. The Morgan fingerprint density at radius 2 is 1.86 bits per heavy atom. The molecule has 4 rings (SSSR count). The van der Waals surface area contributed by atoms with Gasteiger partial charge in [-0.15, -0.1) is 10.2 Å². The van der Waals surface area contributed by atoms with Gasteiger partial charge in [-0.25, -0.2) is 4.98 Å². The third-order valence-corrected chi connectivity index (χ3v) is 5.03. The van der Waals surface area contributed by atoms with Gasteiger partial charge in [-0.1, -0.05) is 25.1 Å². The number of aromatic nitrogens is 3. The molecule has 0 saturated carbocycles. The third kappa shape index (κ3) is 3.47. The Balaban J connectivity index is 1.50. The predicted octanol–water partition coefficient (Wildman–Crippen LogP) is 2.96. The first-order valence-corrected chi connectivity index (χ1v) is 9.55. The molecule has 0 aliphatic carbocycles. The number of nitrogens with zero attached hydrogens (tertiary/aromatic N) is 5. The summed E-state index contributed by atoms with van der Waals surface area (Å²) >= 11 is 0. The molecule has 1 aliphatic rings. The Morgan fingerprint density at radius 1 is 1.07 bits per heavy atom. The number of carbonyl (C=O) groups is 1. The average Bonchev–Trinajstić information content (AvgIpc) is 3.23. The van der Waals surface area contributed by atoms with Crippen molar-refractivity contribution < 1.29 is 9.21 Å². The summed E-state index contributed by atoms with van der Waals surface area (Å²) in [5, 5.41) is 8.22. The molecule has 144 valence electrons. The average molecular weight is 377 g/mol. The van der Waals surface area contributed by atoms with E-state index in [0.29, 0.717) is 44.4 Å². The number of pyridine rings is 1. The number of carbonyl (C=O) groups excluding carboxylic acids is 1. The van der Waals surface area contributed by atoms with Crippen LogP contribution in [0.4, 0.5) is 5.82 Å². The fourth-order valence-corrected chi connectivity index (χ4v) is 3.43.